The van der Waals surface area contributed by atoms with E-state index in [-0.39, 0.29) is 12.5 Å². The molecule has 0 radical (unpaired) electrons. The van der Waals surface area contributed by atoms with E-state index in [0.29, 0.717) is 6.54 Å². The fourth-order valence-electron chi connectivity index (χ4n) is 3.15. The Morgan fingerprint density at radius 2 is 2.04 bits per heavy atom. The number of nitrogens with zero attached hydrogens (tertiary/aromatic N) is 2. The van der Waals surface area contributed by atoms with Gasteiger partial charge in [-0.15, -0.1) is 11.3 Å². The fourth-order valence-corrected chi connectivity index (χ4v) is 3.99. The Morgan fingerprint density at radius 1 is 1.22 bits per heavy atom. The van der Waals surface area contributed by atoms with E-state index in [9.17, 15) is 4.79 Å². The topological polar surface area (TPSA) is 51.7 Å². The van der Waals surface area contributed by atoms with Crippen LogP contribution in [0.15, 0.2) is 47.8 Å². The van der Waals surface area contributed by atoms with Crippen molar-refractivity contribution < 1.29 is 14.3 Å². The number of ether oxygens (including phenoxy) is 2. The minimum atomic E-state index is -0.0133. The minimum Gasteiger partial charge on any atom is -0.497 e. The van der Waals surface area contributed by atoms with E-state index < -0.39 is 0 Å². The molecule has 1 amide bonds. The number of methoxy groups -OCH3 is 1. The van der Waals surface area contributed by atoms with Crippen molar-refractivity contribution in [1.82, 2.24) is 4.98 Å². The molecule has 2 heterocycles. The molecule has 27 heavy (non-hydrogen) atoms. The highest BCUT2D eigenvalue weighted by Gasteiger charge is 2.24. The van der Waals surface area contributed by atoms with E-state index in [4.69, 9.17) is 14.5 Å². The largest absolute Gasteiger partial charge is 0.497 e. The number of amides is 1. The third-order valence-corrected chi connectivity index (χ3v) is 5.43. The van der Waals surface area contributed by atoms with Crippen molar-refractivity contribution in [3.05, 3.63) is 58.4 Å². The van der Waals surface area contributed by atoms with E-state index in [2.05, 4.69) is 17.5 Å². The van der Waals surface area contributed by atoms with Gasteiger partial charge in [-0.3, -0.25) is 4.79 Å². The van der Waals surface area contributed by atoms with E-state index in [0.717, 1.165) is 39.9 Å². The van der Waals surface area contributed by atoms with Gasteiger partial charge in [0, 0.05) is 23.9 Å². The number of hydrogen-bond acceptors (Lipinski definition) is 5. The quantitative estimate of drug-likeness (QED) is 0.667. The predicted octanol–water partition coefficient (Wildman–Crippen LogP) is 4.15. The molecule has 0 saturated carbocycles. The molecule has 1 aliphatic heterocycles. The number of carbonyl (C=O) groups excluding carboxylic acids is 1. The van der Waals surface area contributed by atoms with Crippen LogP contribution in [0.25, 0.3) is 11.3 Å². The normalized spacial score (nSPS) is 13.3. The number of aromatic nitrogens is 1. The molecule has 0 unspecified atom stereocenters. The molecule has 0 atom stereocenters. The molecule has 138 valence electrons. The lowest BCUT2D eigenvalue weighted by Gasteiger charge is -2.28. The van der Waals surface area contributed by atoms with Crippen molar-refractivity contribution in [2.45, 2.75) is 13.3 Å². The molecule has 0 bridgehead atoms. The highest BCUT2D eigenvalue weighted by molar-refractivity contribution is 7.10. The maximum Gasteiger partial charge on any atom is 0.265 e. The number of carbonyl (C=O) groups is 1. The zero-order valence-corrected chi connectivity index (χ0v) is 16.1. The van der Waals surface area contributed by atoms with Crippen LogP contribution >= 0.6 is 11.3 Å². The van der Waals surface area contributed by atoms with Crippen LogP contribution in [0, 0.1) is 0 Å². The van der Waals surface area contributed by atoms with Gasteiger partial charge in [0.25, 0.3) is 5.91 Å². The monoisotopic (exact) mass is 380 g/mol. The SMILES string of the molecule is CCN1C(=O)COc2ccc(-c3csc(Cc4ccc(OC)cc4)n3)cc21. The summed E-state index contributed by atoms with van der Waals surface area (Å²) in [5.74, 6) is 1.58. The first-order chi connectivity index (χ1) is 13.2. The van der Waals surface area contributed by atoms with Crippen LogP contribution in [0.1, 0.15) is 17.5 Å². The summed E-state index contributed by atoms with van der Waals surface area (Å²) in [6, 6.07) is 13.9. The van der Waals surface area contributed by atoms with Gasteiger partial charge in [0.2, 0.25) is 0 Å². The second-order valence-corrected chi connectivity index (χ2v) is 7.20. The van der Waals surface area contributed by atoms with Gasteiger partial charge in [-0.1, -0.05) is 12.1 Å². The zero-order chi connectivity index (χ0) is 18.8. The molecule has 6 heteroatoms. The van der Waals surface area contributed by atoms with E-state index in [1.165, 1.54) is 5.56 Å². The van der Waals surface area contributed by atoms with Gasteiger partial charge in [0.15, 0.2) is 6.61 Å². The van der Waals surface area contributed by atoms with Crippen molar-refractivity contribution in [3.63, 3.8) is 0 Å². The molecule has 1 aromatic heterocycles. The summed E-state index contributed by atoms with van der Waals surface area (Å²) in [4.78, 5) is 18.6. The zero-order valence-electron chi connectivity index (χ0n) is 15.3. The van der Waals surface area contributed by atoms with Crippen molar-refractivity contribution in [3.8, 4) is 22.8 Å². The summed E-state index contributed by atoms with van der Waals surface area (Å²) in [5, 5.41) is 3.11. The Morgan fingerprint density at radius 3 is 2.78 bits per heavy atom. The molecule has 0 spiro atoms. The Balaban J connectivity index is 1.58. The third kappa shape index (κ3) is 3.53. The molecule has 0 N–H and O–H groups in total. The smallest absolute Gasteiger partial charge is 0.265 e. The molecular weight excluding hydrogens is 360 g/mol. The molecule has 1 aliphatic rings. The summed E-state index contributed by atoms with van der Waals surface area (Å²) in [6.45, 7) is 2.69. The summed E-state index contributed by atoms with van der Waals surface area (Å²) >= 11 is 1.64. The Labute approximate surface area is 162 Å². The Bertz CT molecular complexity index is 966. The highest BCUT2D eigenvalue weighted by Crippen LogP contribution is 2.36. The maximum atomic E-state index is 12.1. The van der Waals surface area contributed by atoms with Gasteiger partial charge in [-0.25, -0.2) is 4.98 Å². The Kier molecular flexibility index (Phi) is 4.81. The average Bonchev–Trinajstić information content (AvgIpc) is 3.16. The molecule has 3 aromatic rings. The first kappa shape index (κ1) is 17.5. The van der Waals surface area contributed by atoms with E-state index >= 15 is 0 Å². The highest BCUT2D eigenvalue weighted by atomic mass is 32.1. The first-order valence-electron chi connectivity index (χ1n) is 8.83. The molecular formula is C21H20N2O3S. The van der Waals surface area contributed by atoms with Crippen LogP contribution in [0.3, 0.4) is 0 Å². The predicted molar refractivity (Wildman–Crippen MR) is 107 cm³/mol. The van der Waals surface area contributed by atoms with E-state index in [1.807, 2.05) is 37.3 Å². The van der Waals surface area contributed by atoms with Crippen molar-refractivity contribution in [1.29, 1.82) is 0 Å². The number of thiazole rings is 1. The van der Waals surface area contributed by atoms with Gasteiger partial charge in [0.1, 0.15) is 11.5 Å². The molecule has 0 saturated heterocycles. The Hall–Kier alpha value is -2.86. The number of anilines is 1. The molecule has 0 aliphatic carbocycles. The number of likely N-dealkylation sites (N-methyl/N-ethyl adjacent to an activating group) is 1. The van der Waals surface area contributed by atoms with Crippen LogP contribution in [0.2, 0.25) is 0 Å². The lowest BCUT2D eigenvalue weighted by atomic mass is 10.1. The molecule has 5 nitrogen and oxygen atoms in total. The number of fused-ring (bicyclic) bond motifs is 1. The summed E-state index contributed by atoms with van der Waals surface area (Å²) < 4.78 is 10.7. The number of benzene rings is 2. The van der Waals surface area contributed by atoms with Gasteiger partial charge < -0.3 is 14.4 Å². The summed E-state index contributed by atoms with van der Waals surface area (Å²) in [6.07, 6.45) is 0.780. The number of hydrogen-bond donors (Lipinski definition) is 0. The van der Waals surface area contributed by atoms with Gasteiger partial charge in [-0.05, 0) is 42.8 Å². The first-order valence-corrected chi connectivity index (χ1v) is 9.71. The van der Waals surface area contributed by atoms with Crippen LogP contribution in [0.4, 0.5) is 5.69 Å². The maximum absolute atomic E-state index is 12.1. The van der Waals surface area contributed by atoms with Crippen molar-refractivity contribution in [2.75, 3.05) is 25.2 Å². The van der Waals surface area contributed by atoms with Crippen molar-refractivity contribution in [2.24, 2.45) is 0 Å². The van der Waals surface area contributed by atoms with Crippen LogP contribution in [0.5, 0.6) is 11.5 Å². The third-order valence-electron chi connectivity index (χ3n) is 4.58. The average molecular weight is 380 g/mol. The van der Waals surface area contributed by atoms with Crippen LogP contribution in [-0.4, -0.2) is 31.2 Å². The van der Waals surface area contributed by atoms with Crippen LogP contribution in [-0.2, 0) is 11.2 Å². The van der Waals surface area contributed by atoms with Gasteiger partial charge >= 0.3 is 0 Å². The van der Waals surface area contributed by atoms with Gasteiger partial charge in [0.05, 0.1) is 23.5 Å². The van der Waals surface area contributed by atoms with Gasteiger partial charge in [-0.2, -0.15) is 0 Å². The summed E-state index contributed by atoms with van der Waals surface area (Å²) in [7, 11) is 1.67. The van der Waals surface area contributed by atoms with Crippen molar-refractivity contribution >= 4 is 22.9 Å². The lowest BCUT2D eigenvalue weighted by molar-refractivity contribution is -0.121. The molecule has 2 aromatic carbocycles. The minimum absolute atomic E-state index is 0.0133. The standard InChI is InChI=1S/C21H20N2O3S/c1-3-23-18-11-15(6-9-19(18)26-12-21(23)24)17-13-27-20(22-17)10-14-4-7-16(25-2)8-5-14/h4-9,11,13H,3,10,12H2,1-2H3. The lowest BCUT2D eigenvalue weighted by Crippen LogP contribution is -2.38. The molecule has 0 fully saturated rings. The fraction of sp³-hybridized carbons (Fsp3) is 0.238. The second-order valence-electron chi connectivity index (χ2n) is 6.26. The number of rotatable bonds is 5. The summed E-state index contributed by atoms with van der Waals surface area (Å²) in [5.41, 5.74) is 3.91. The molecule has 4 rings (SSSR count). The van der Waals surface area contributed by atoms with E-state index in [1.54, 1.807) is 23.3 Å². The second kappa shape index (κ2) is 7.40. The van der Waals surface area contributed by atoms with Crippen LogP contribution < -0.4 is 14.4 Å².